The molecule has 0 aromatic heterocycles. The van der Waals surface area contributed by atoms with E-state index in [2.05, 4.69) is 5.32 Å². The molecule has 0 radical (unpaired) electrons. The Morgan fingerprint density at radius 3 is 2.52 bits per heavy atom. The number of nitrogen functional groups attached to an aromatic ring is 1. The van der Waals surface area contributed by atoms with Crippen molar-refractivity contribution in [2.75, 3.05) is 31.4 Å². The lowest BCUT2D eigenvalue weighted by molar-refractivity contribution is -0.115. The third kappa shape index (κ3) is 5.30. The molecule has 0 heterocycles. The standard InChI is InChI=1S/C18H22N2O3/c1-13-11-16(23-10-9-22-2)7-8-17(13)20-18(21)12-14-3-5-15(19)6-4-14/h3-8,11H,9-10,12,19H2,1-2H3,(H,20,21). The van der Waals surface area contributed by atoms with Crippen molar-refractivity contribution in [1.82, 2.24) is 0 Å². The Bertz CT molecular complexity index is 654. The predicted molar refractivity (Wildman–Crippen MR) is 91.7 cm³/mol. The molecule has 2 aromatic carbocycles. The maximum Gasteiger partial charge on any atom is 0.228 e. The van der Waals surface area contributed by atoms with Gasteiger partial charge in [0.15, 0.2) is 0 Å². The van der Waals surface area contributed by atoms with Crippen molar-refractivity contribution in [3.8, 4) is 5.75 Å². The van der Waals surface area contributed by atoms with Gasteiger partial charge in [-0.15, -0.1) is 0 Å². The molecule has 0 aliphatic rings. The topological polar surface area (TPSA) is 73.6 Å². The van der Waals surface area contributed by atoms with Gasteiger partial charge in [-0.3, -0.25) is 4.79 Å². The van der Waals surface area contributed by atoms with Crippen LogP contribution in [0.2, 0.25) is 0 Å². The van der Waals surface area contributed by atoms with Crippen LogP contribution in [0.5, 0.6) is 5.75 Å². The summed E-state index contributed by atoms with van der Waals surface area (Å²) in [5.74, 6) is 0.696. The normalized spacial score (nSPS) is 10.3. The van der Waals surface area contributed by atoms with Gasteiger partial charge in [0.1, 0.15) is 12.4 Å². The highest BCUT2D eigenvalue weighted by atomic mass is 16.5. The zero-order chi connectivity index (χ0) is 16.7. The summed E-state index contributed by atoms with van der Waals surface area (Å²) in [6, 6.07) is 12.9. The number of hydrogen-bond donors (Lipinski definition) is 2. The van der Waals surface area contributed by atoms with Gasteiger partial charge in [-0.05, 0) is 48.4 Å². The Hall–Kier alpha value is -2.53. The Morgan fingerprint density at radius 2 is 1.87 bits per heavy atom. The molecular formula is C18H22N2O3. The lowest BCUT2D eigenvalue weighted by Gasteiger charge is -2.11. The number of rotatable bonds is 7. The van der Waals surface area contributed by atoms with Gasteiger partial charge in [0.2, 0.25) is 5.91 Å². The van der Waals surface area contributed by atoms with E-state index in [0.29, 0.717) is 25.3 Å². The van der Waals surface area contributed by atoms with Gasteiger partial charge in [-0.25, -0.2) is 0 Å². The molecule has 0 aliphatic heterocycles. The third-order valence-corrected chi connectivity index (χ3v) is 3.37. The molecule has 122 valence electrons. The second kappa shape index (κ2) is 8.19. The highest BCUT2D eigenvalue weighted by Gasteiger charge is 2.07. The van der Waals surface area contributed by atoms with E-state index in [1.165, 1.54) is 0 Å². The first kappa shape index (κ1) is 16.8. The predicted octanol–water partition coefficient (Wildman–Crippen LogP) is 2.78. The summed E-state index contributed by atoms with van der Waals surface area (Å²) < 4.78 is 10.5. The van der Waals surface area contributed by atoms with Crippen molar-refractivity contribution in [2.24, 2.45) is 0 Å². The van der Waals surface area contributed by atoms with Gasteiger partial charge in [-0.1, -0.05) is 12.1 Å². The van der Waals surface area contributed by atoms with Gasteiger partial charge in [0.25, 0.3) is 0 Å². The second-order valence-corrected chi connectivity index (χ2v) is 5.28. The molecule has 2 aromatic rings. The van der Waals surface area contributed by atoms with Crippen LogP contribution in [0.15, 0.2) is 42.5 Å². The first-order valence-electron chi connectivity index (χ1n) is 7.45. The molecule has 5 nitrogen and oxygen atoms in total. The van der Waals surface area contributed by atoms with Crippen LogP contribution in [-0.2, 0) is 16.0 Å². The first-order chi connectivity index (χ1) is 11.1. The van der Waals surface area contributed by atoms with Crippen LogP contribution in [0.4, 0.5) is 11.4 Å². The van der Waals surface area contributed by atoms with Crippen LogP contribution in [0.3, 0.4) is 0 Å². The molecule has 0 saturated carbocycles. The van der Waals surface area contributed by atoms with Gasteiger partial charge in [0, 0.05) is 18.5 Å². The van der Waals surface area contributed by atoms with E-state index < -0.39 is 0 Å². The summed E-state index contributed by atoms with van der Waals surface area (Å²) in [6.07, 6.45) is 0.311. The quantitative estimate of drug-likeness (QED) is 0.609. The number of nitrogens with one attached hydrogen (secondary N) is 1. The maximum absolute atomic E-state index is 12.1. The molecule has 3 N–H and O–H groups in total. The highest BCUT2D eigenvalue weighted by Crippen LogP contribution is 2.21. The van der Waals surface area contributed by atoms with Gasteiger partial charge < -0.3 is 20.5 Å². The Labute approximate surface area is 136 Å². The summed E-state index contributed by atoms with van der Waals surface area (Å²) in [6.45, 7) is 2.97. The third-order valence-electron chi connectivity index (χ3n) is 3.37. The zero-order valence-electron chi connectivity index (χ0n) is 13.5. The minimum atomic E-state index is -0.0640. The average Bonchev–Trinajstić information content (AvgIpc) is 2.52. The number of carbonyl (C=O) groups excluding carboxylic acids is 1. The molecule has 1 amide bonds. The monoisotopic (exact) mass is 314 g/mol. The van der Waals surface area contributed by atoms with E-state index in [-0.39, 0.29) is 5.91 Å². The lowest BCUT2D eigenvalue weighted by Crippen LogP contribution is -2.15. The summed E-state index contributed by atoms with van der Waals surface area (Å²) >= 11 is 0. The fourth-order valence-electron chi connectivity index (χ4n) is 2.12. The number of aryl methyl sites for hydroxylation is 1. The van der Waals surface area contributed by atoms with E-state index >= 15 is 0 Å². The Balaban J connectivity index is 1.93. The Morgan fingerprint density at radius 1 is 1.13 bits per heavy atom. The van der Waals surface area contributed by atoms with E-state index in [9.17, 15) is 4.79 Å². The van der Waals surface area contributed by atoms with Crippen molar-refractivity contribution in [1.29, 1.82) is 0 Å². The van der Waals surface area contributed by atoms with Crippen LogP contribution in [0, 0.1) is 6.92 Å². The fourth-order valence-corrected chi connectivity index (χ4v) is 2.12. The summed E-state index contributed by atoms with van der Waals surface area (Å²) in [5.41, 5.74) is 8.98. The maximum atomic E-state index is 12.1. The smallest absolute Gasteiger partial charge is 0.228 e. The SMILES string of the molecule is COCCOc1ccc(NC(=O)Cc2ccc(N)cc2)c(C)c1. The number of hydrogen-bond acceptors (Lipinski definition) is 4. The summed E-state index contributed by atoms with van der Waals surface area (Å²) in [7, 11) is 1.63. The summed E-state index contributed by atoms with van der Waals surface area (Å²) in [4.78, 5) is 12.1. The minimum Gasteiger partial charge on any atom is -0.491 e. The van der Waals surface area contributed by atoms with Crippen molar-refractivity contribution in [3.63, 3.8) is 0 Å². The van der Waals surface area contributed by atoms with Gasteiger partial charge in [-0.2, -0.15) is 0 Å². The Kier molecular flexibility index (Phi) is 6.00. The van der Waals surface area contributed by atoms with E-state index in [4.69, 9.17) is 15.2 Å². The zero-order valence-corrected chi connectivity index (χ0v) is 13.5. The molecule has 0 spiro atoms. The number of benzene rings is 2. The average molecular weight is 314 g/mol. The van der Waals surface area contributed by atoms with Gasteiger partial charge >= 0.3 is 0 Å². The van der Waals surface area contributed by atoms with Crippen molar-refractivity contribution < 1.29 is 14.3 Å². The van der Waals surface area contributed by atoms with E-state index in [0.717, 1.165) is 22.6 Å². The molecule has 0 saturated heterocycles. The molecule has 23 heavy (non-hydrogen) atoms. The number of amides is 1. The van der Waals surface area contributed by atoms with Gasteiger partial charge in [0.05, 0.1) is 13.0 Å². The molecule has 0 unspecified atom stereocenters. The van der Waals surface area contributed by atoms with E-state index in [1.54, 1.807) is 19.2 Å². The summed E-state index contributed by atoms with van der Waals surface area (Å²) in [5, 5.41) is 2.92. The van der Waals surface area contributed by atoms with Crippen LogP contribution >= 0.6 is 0 Å². The largest absolute Gasteiger partial charge is 0.491 e. The van der Waals surface area contributed by atoms with Crippen LogP contribution in [-0.4, -0.2) is 26.2 Å². The lowest BCUT2D eigenvalue weighted by atomic mass is 10.1. The fraction of sp³-hybridized carbons (Fsp3) is 0.278. The van der Waals surface area contributed by atoms with Crippen molar-refractivity contribution >= 4 is 17.3 Å². The molecule has 5 heteroatoms. The van der Waals surface area contributed by atoms with Crippen molar-refractivity contribution in [2.45, 2.75) is 13.3 Å². The van der Waals surface area contributed by atoms with Crippen molar-refractivity contribution in [3.05, 3.63) is 53.6 Å². The van der Waals surface area contributed by atoms with Crippen LogP contribution in [0.1, 0.15) is 11.1 Å². The number of anilines is 2. The molecule has 0 aliphatic carbocycles. The number of nitrogens with two attached hydrogens (primary N) is 1. The van der Waals surface area contributed by atoms with Crippen LogP contribution < -0.4 is 15.8 Å². The van der Waals surface area contributed by atoms with Crippen LogP contribution in [0.25, 0.3) is 0 Å². The molecule has 2 rings (SSSR count). The van der Waals surface area contributed by atoms with E-state index in [1.807, 2.05) is 37.3 Å². The molecule has 0 atom stereocenters. The highest BCUT2D eigenvalue weighted by molar-refractivity contribution is 5.93. The molecular weight excluding hydrogens is 292 g/mol. The number of methoxy groups -OCH3 is 1. The minimum absolute atomic E-state index is 0.0640. The first-order valence-corrected chi connectivity index (χ1v) is 7.45. The number of ether oxygens (including phenoxy) is 2. The molecule has 0 fully saturated rings. The molecule has 0 bridgehead atoms. The number of carbonyl (C=O) groups is 1. The second-order valence-electron chi connectivity index (χ2n) is 5.28.